The summed E-state index contributed by atoms with van der Waals surface area (Å²) in [6, 6.07) is 14.2. The maximum Gasteiger partial charge on any atom is 0.230 e. The van der Waals surface area contributed by atoms with Crippen molar-refractivity contribution in [2.24, 2.45) is 0 Å². The topological polar surface area (TPSA) is 45.5 Å². The number of likely N-dealkylation sites (tertiary alicyclic amines) is 1. The fourth-order valence-electron chi connectivity index (χ4n) is 3.35. The third-order valence-corrected chi connectivity index (χ3v) is 5.66. The fourth-order valence-corrected chi connectivity index (χ4v) is 4.12. The molecule has 4 nitrogen and oxygen atoms in total. The summed E-state index contributed by atoms with van der Waals surface area (Å²) in [4.78, 5) is 15.5. The van der Waals surface area contributed by atoms with Gasteiger partial charge >= 0.3 is 0 Å². The van der Waals surface area contributed by atoms with Crippen molar-refractivity contribution < 1.29 is 9.21 Å². The van der Waals surface area contributed by atoms with E-state index in [0.717, 1.165) is 39.9 Å². The van der Waals surface area contributed by atoms with Gasteiger partial charge in [0.15, 0.2) is 0 Å². The lowest BCUT2D eigenvalue weighted by Gasteiger charge is -2.14. The largest absolute Gasteiger partial charge is 0.456 e. The number of para-hydroxylation sites is 1. The molecule has 2 aromatic carbocycles. The molecule has 1 fully saturated rings. The number of hydrogen-bond donors (Lipinski definition) is 1. The second-order valence-electron chi connectivity index (χ2n) is 6.44. The Morgan fingerprint density at radius 2 is 1.88 bits per heavy atom. The molecule has 1 aromatic heterocycles. The van der Waals surface area contributed by atoms with Crippen LogP contribution in [0.15, 0.2) is 51.8 Å². The fraction of sp³-hybridized carbons (Fsp3) is 0.350. The minimum absolute atomic E-state index is 0.0985. The second-order valence-corrected chi connectivity index (χ2v) is 7.49. The molecule has 4 rings (SSSR count). The van der Waals surface area contributed by atoms with E-state index in [-0.39, 0.29) is 5.91 Å². The van der Waals surface area contributed by atoms with E-state index in [2.05, 4.69) is 22.3 Å². The molecule has 0 spiro atoms. The van der Waals surface area contributed by atoms with Gasteiger partial charge in [-0.05, 0) is 50.2 Å². The van der Waals surface area contributed by atoms with E-state index in [9.17, 15) is 4.79 Å². The molecule has 0 saturated carbocycles. The molecule has 1 aliphatic rings. The van der Waals surface area contributed by atoms with Crippen LogP contribution < -0.4 is 5.32 Å². The van der Waals surface area contributed by atoms with E-state index in [1.54, 1.807) is 11.8 Å². The molecule has 0 atom stereocenters. The maximum atomic E-state index is 12.0. The van der Waals surface area contributed by atoms with E-state index in [1.165, 1.54) is 25.9 Å². The normalized spacial score (nSPS) is 15.2. The molecule has 0 unspecified atom stereocenters. The third-order valence-electron chi connectivity index (χ3n) is 4.67. The Morgan fingerprint density at radius 1 is 1.08 bits per heavy atom. The lowest BCUT2D eigenvalue weighted by atomic mass is 10.1. The number of carbonyl (C=O) groups excluding carboxylic acids is 1. The molecule has 2 heterocycles. The maximum absolute atomic E-state index is 12.0. The Morgan fingerprint density at radius 3 is 2.76 bits per heavy atom. The van der Waals surface area contributed by atoms with Gasteiger partial charge in [0.05, 0.1) is 5.75 Å². The molecular formula is C20H22N2O2S. The zero-order valence-electron chi connectivity index (χ0n) is 14.2. The number of furan rings is 1. The number of fused-ring (bicyclic) bond motifs is 3. The highest BCUT2D eigenvalue weighted by atomic mass is 32.2. The van der Waals surface area contributed by atoms with Crippen LogP contribution in [0.1, 0.15) is 12.8 Å². The lowest BCUT2D eigenvalue weighted by Crippen LogP contribution is -2.34. The number of rotatable bonds is 6. The van der Waals surface area contributed by atoms with Gasteiger partial charge in [-0.3, -0.25) is 4.79 Å². The van der Waals surface area contributed by atoms with Crippen LogP contribution in [0.3, 0.4) is 0 Å². The van der Waals surface area contributed by atoms with Crippen molar-refractivity contribution in [3.63, 3.8) is 0 Å². The molecule has 25 heavy (non-hydrogen) atoms. The van der Waals surface area contributed by atoms with Crippen molar-refractivity contribution in [3.8, 4) is 0 Å². The summed E-state index contributed by atoms with van der Waals surface area (Å²) in [6.07, 6.45) is 2.57. The standard InChI is InChI=1S/C20H22N2O2S/c23-20(21-9-12-22-10-3-4-11-22)14-25-15-7-8-19-17(13-15)16-5-1-2-6-18(16)24-19/h1-2,5-8,13H,3-4,9-12,14H2,(H,21,23). The summed E-state index contributed by atoms with van der Waals surface area (Å²) in [5, 5.41) is 5.25. The molecule has 5 heteroatoms. The summed E-state index contributed by atoms with van der Waals surface area (Å²) in [7, 11) is 0. The summed E-state index contributed by atoms with van der Waals surface area (Å²) in [5.74, 6) is 0.544. The average molecular weight is 354 g/mol. The van der Waals surface area contributed by atoms with Crippen LogP contribution in [0.2, 0.25) is 0 Å². The van der Waals surface area contributed by atoms with Gasteiger partial charge in [0, 0.05) is 28.8 Å². The first-order chi connectivity index (χ1) is 12.3. The van der Waals surface area contributed by atoms with Crippen LogP contribution in [-0.2, 0) is 4.79 Å². The predicted molar refractivity (Wildman–Crippen MR) is 103 cm³/mol. The smallest absolute Gasteiger partial charge is 0.230 e. The molecular weight excluding hydrogens is 332 g/mol. The van der Waals surface area contributed by atoms with Crippen molar-refractivity contribution in [1.82, 2.24) is 10.2 Å². The Balaban J connectivity index is 1.34. The van der Waals surface area contributed by atoms with E-state index >= 15 is 0 Å². The molecule has 1 saturated heterocycles. The zero-order valence-corrected chi connectivity index (χ0v) is 15.0. The monoisotopic (exact) mass is 354 g/mol. The van der Waals surface area contributed by atoms with Gasteiger partial charge in [-0.2, -0.15) is 0 Å². The summed E-state index contributed by atoms with van der Waals surface area (Å²) >= 11 is 1.57. The number of amides is 1. The molecule has 0 radical (unpaired) electrons. The van der Waals surface area contributed by atoms with E-state index in [0.29, 0.717) is 5.75 Å². The van der Waals surface area contributed by atoms with Crippen LogP contribution in [-0.4, -0.2) is 42.7 Å². The first-order valence-electron chi connectivity index (χ1n) is 8.83. The molecule has 1 amide bonds. The van der Waals surface area contributed by atoms with Gasteiger partial charge in [0.1, 0.15) is 11.2 Å². The van der Waals surface area contributed by atoms with E-state index in [1.807, 2.05) is 30.3 Å². The second kappa shape index (κ2) is 7.50. The SMILES string of the molecule is O=C(CSc1ccc2oc3ccccc3c2c1)NCCN1CCCC1. The number of benzene rings is 2. The minimum atomic E-state index is 0.0985. The van der Waals surface area contributed by atoms with Gasteiger partial charge < -0.3 is 14.6 Å². The van der Waals surface area contributed by atoms with Gasteiger partial charge in [0.2, 0.25) is 5.91 Å². The molecule has 130 valence electrons. The molecule has 0 aliphatic carbocycles. The van der Waals surface area contributed by atoms with Gasteiger partial charge in [-0.25, -0.2) is 0 Å². The van der Waals surface area contributed by atoms with Gasteiger partial charge in [-0.1, -0.05) is 18.2 Å². The molecule has 1 N–H and O–H groups in total. The van der Waals surface area contributed by atoms with Crippen molar-refractivity contribution >= 4 is 39.6 Å². The molecule has 1 aliphatic heterocycles. The minimum Gasteiger partial charge on any atom is -0.456 e. The van der Waals surface area contributed by atoms with Crippen LogP contribution >= 0.6 is 11.8 Å². The predicted octanol–water partition coefficient (Wildman–Crippen LogP) is 3.89. The zero-order chi connectivity index (χ0) is 17.1. The lowest BCUT2D eigenvalue weighted by molar-refractivity contribution is -0.118. The average Bonchev–Trinajstić information content (AvgIpc) is 3.27. The number of hydrogen-bond acceptors (Lipinski definition) is 4. The Labute approximate surface area is 151 Å². The Hall–Kier alpha value is -1.98. The molecule has 3 aromatic rings. The van der Waals surface area contributed by atoms with Crippen molar-refractivity contribution in [3.05, 3.63) is 42.5 Å². The van der Waals surface area contributed by atoms with Crippen LogP contribution in [0.25, 0.3) is 21.9 Å². The van der Waals surface area contributed by atoms with Crippen LogP contribution in [0.5, 0.6) is 0 Å². The highest BCUT2D eigenvalue weighted by Crippen LogP contribution is 2.31. The number of nitrogens with one attached hydrogen (secondary N) is 1. The third kappa shape index (κ3) is 3.83. The highest BCUT2D eigenvalue weighted by Gasteiger charge is 2.12. The number of carbonyl (C=O) groups is 1. The number of nitrogens with zero attached hydrogens (tertiary/aromatic N) is 1. The van der Waals surface area contributed by atoms with Crippen molar-refractivity contribution in [1.29, 1.82) is 0 Å². The Kier molecular flexibility index (Phi) is 4.95. The molecule has 0 bridgehead atoms. The van der Waals surface area contributed by atoms with Crippen LogP contribution in [0.4, 0.5) is 0 Å². The summed E-state index contributed by atoms with van der Waals surface area (Å²) < 4.78 is 5.84. The highest BCUT2D eigenvalue weighted by molar-refractivity contribution is 8.00. The summed E-state index contributed by atoms with van der Waals surface area (Å²) in [6.45, 7) is 4.04. The van der Waals surface area contributed by atoms with E-state index < -0.39 is 0 Å². The van der Waals surface area contributed by atoms with Crippen molar-refractivity contribution in [2.75, 3.05) is 31.9 Å². The first-order valence-corrected chi connectivity index (χ1v) is 9.81. The van der Waals surface area contributed by atoms with Crippen LogP contribution in [0, 0.1) is 0 Å². The van der Waals surface area contributed by atoms with Gasteiger partial charge in [0.25, 0.3) is 0 Å². The Bertz CT molecular complexity index is 884. The summed E-state index contributed by atoms with van der Waals surface area (Å²) in [5.41, 5.74) is 1.79. The quantitative estimate of drug-likeness (QED) is 0.682. The van der Waals surface area contributed by atoms with E-state index in [4.69, 9.17) is 4.42 Å². The van der Waals surface area contributed by atoms with Gasteiger partial charge in [-0.15, -0.1) is 11.8 Å². The first kappa shape index (κ1) is 16.5. The number of thioether (sulfide) groups is 1. The van der Waals surface area contributed by atoms with Crippen molar-refractivity contribution in [2.45, 2.75) is 17.7 Å².